The van der Waals surface area contributed by atoms with Crippen molar-refractivity contribution in [2.24, 2.45) is 0 Å². The number of amides is 1. The first-order valence-electron chi connectivity index (χ1n) is 9.93. The van der Waals surface area contributed by atoms with Gasteiger partial charge in [-0.15, -0.1) is 0 Å². The van der Waals surface area contributed by atoms with E-state index in [0.29, 0.717) is 11.3 Å². The fourth-order valence-electron chi connectivity index (χ4n) is 3.33. The number of imidazole rings is 1. The number of nitrogens with one attached hydrogen (secondary N) is 1. The van der Waals surface area contributed by atoms with E-state index in [1.54, 1.807) is 36.7 Å². The van der Waals surface area contributed by atoms with Gasteiger partial charge in [0, 0.05) is 18.7 Å². The van der Waals surface area contributed by atoms with Crippen LogP contribution in [0.5, 0.6) is 0 Å². The Labute approximate surface area is 175 Å². The SMILES string of the molecule is CCN(CC)CCn1cnc2cc(C(=O)Nc3cccc(C(=O)OC)c3N)ccc21. The molecule has 3 aromatic rings. The Bertz CT molecular complexity index is 1060. The molecule has 8 heteroatoms. The predicted molar refractivity (Wildman–Crippen MR) is 118 cm³/mol. The molecule has 0 saturated carbocycles. The number of carbonyl (C=O) groups is 2. The Kier molecular flexibility index (Phi) is 6.68. The van der Waals surface area contributed by atoms with E-state index in [1.807, 2.05) is 6.07 Å². The molecule has 0 aliphatic rings. The van der Waals surface area contributed by atoms with Gasteiger partial charge in [0.25, 0.3) is 5.91 Å². The molecule has 0 atom stereocenters. The van der Waals surface area contributed by atoms with Gasteiger partial charge in [-0.3, -0.25) is 4.79 Å². The molecule has 3 N–H and O–H groups in total. The van der Waals surface area contributed by atoms with Crippen LogP contribution in [0.1, 0.15) is 34.6 Å². The molecule has 158 valence electrons. The molecule has 1 amide bonds. The third-order valence-electron chi connectivity index (χ3n) is 5.19. The van der Waals surface area contributed by atoms with E-state index in [-0.39, 0.29) is 17.2 Å². The zero-order valence-electron chi connectivity index (χ0n) is 17.5. The molecule has 30 heavy (non-hydrogen) atoms. The van der Waals surface area contributed by atoms with Crippen molar-refractivity contribution in [3.05, 3.63) is 53.9 Å². The number of likely N-dealkylation sites (N-methyl/N-ethyl adjacent to an activating group) is 1. The highest BCUT2D eigenvalue weighted by Gasteiger charge is 2.16. The van der Waals surface area contributed by atoms with Crippen LogP contribution in [0.3, 0.4) is 0 Å². The number of aromatic nitrogens is 2. The molecule has 2 aromatic carbocycles. The van der Waals surface area contributed by atoms with E-state index in [9.17, 15) is 9.59 Å². The molecule has 0 aliphatic carbocycles. The normalized spacial score (nSPS) is 11.1. The summed E-state index contributed by atoms with van der Waals surface area (Å²) in [5, 5.41) is 2.76. The zero-order chi connectivity index (χ0) is 21.7. The van der Waals surface area contributed by atoms with Crippen LogP contribution in [0.25, 0.3) is 11.0 Å². The zero-order valence-corrected chi connectivity index (χ0v) is 17.5. The van der Waals surface area contributed by atoms with Gasteiger partial charge in [-0.05, 0) is 43.4 Å². The molecule has 0 fully saturated rings. The number of nitrogens with two attached hydrogens (primary N) is 1. The number of benzene rings is 2. The highest BCUT2D eigenvalue weighted by atomic mass is 16.5. The van der Waals surface area contributed by atoms with E-state index >= 15 is 0 Å². The molecular weight excluding hydrogens is 382 g/mol. The highest BCUT2D eigenvalue weighted by molar-refractivity contribution is 6.09. The second-order valence-corrected chi connectivity index (χ2v) is 6.88. The topological polar surface area (TPSA) is 102 Å². The number of carbonyl (C=O) groups excluding carboxylic acids is 2. The Hall–Kier alpha value is -3.39. The van der Waals surface area contributed by atoms with Crippen molar-refractivity contribution >= 4 is 34.3 Å². The summed E-state index contributed by atoms with van der Waals surface area (Å²) < 4.78 is 6.81. The molecule has 8 nitrogen and oxygen atoms in total. The number of methoxy groups -OCH3 is 1. The van der Waals surface area contributed by atoms with E-state index in [4.69, 9.17) is 10.5 Å². The Morgan fingerprint density at radius 1 is 1.20 bits per heavy atom. The summed E-state index contributed by atoms with van der Waals surface area (Å²) in [6, 6.07) is 10.2. The number of rotatable bonds is 8. The molecule has 0 bridgehead atoms. The van der Waals surface area contributed by atoms with E-state index in [2.05, 4.69) is 33.6 Å². The molecule has 0 radical (unpaired) electrons. The van der Waals surface area contributed by atoms with Crippen LogP contribution >= 0.6 is 0 Å². The van der Waals surface area contributed by atoms with Crippen LogP contribution in [0.4, 0.5) is 11.4 Å². The Balaban J connectivity index is 1.78. The van der Waals surface area contributed by atoms with Gasteiger partial charge in [0.1, 0.15) is 0 Å². The summed E-state index contributed by atoms with van der Waals surface area (Å²) in [4.78, 5) is 31.3. The maximum Gasteiger partial charge on any atom is 0.340 e. The summed E-state index contributed by atoms with van der Waals surface area (Å²) in [6.45, 7) is 8.08. The van der Waals surface area contributed by atoms with E-state index < -0.39 is 5.97 Å². The third kappa shape index (κ3) is 4.44. The predicted octanol–water partition coefficient (Wildman–Crippen LogP) is 3.00. The minimum absolute atomic E-state index is 0.166. The molecule has 1 aromatic heterocycles. The number of nitrogen functional groups attached to an aromatic ring is 1. The number of hydrogen-bond acceptors (Lipinski definition) is 6. The molecular formula is C22H27N5O3. The van der Waals surface area contributed by atoms with Crippen molar-refractivity contribution < 1.29 is 14.3 Å². The minimum atomic E-state index is -0.555. The van der Waals surface area contributed by atoms with Crippen LogP contribution in [0.15, 0.2) is 42.7 Å². The fourth-order valence-corrected chi connectivity index (χ4v) is 3.33. The number of nitrogens with zero attached hydrogens (tertiary/aromatic N) is 3. The number of ether oxygens (including phenoxy) is 1. The van der Waals surface area contributed by atoms with Crippen molar-refractivity contribution in [2.45, 2.75) is 20.4 Å². The number of para-hydroxylation sites is 1. The first-order valence-corrected chi connectivity index (χ1v) is 9.93. The number of esters is 1. The third-order valence-corrected chi connectivity index (χ3v) is 5.19. The van der Waals surface area contributed by atoms with Gasteiger partial charge in [0.15, 0.2) is 0 Å². The maximum atomic E-state index is 12.7. The van der Waals surface area contributed by atoms with Gasteiger partial charge in [0.05, 0.1) is 41.4 Å². The minimum Gasteiger partial charge on any atom is -0.465 e. The first kappa shape index (κ1) is 21.3. The molecule has 0 spiro atoms. The second-order valence-electron chi connectivity index (χ2n) is 6.88. The summed E-state index contributed by atoms with van der Waals surface area (Å²) in [6.07, 6.45) is 1.80. The second kappa shape index (κ2) is 9.41. The quantitative estimate of drug-likeness (QED) is 0.438. The lowest BCUT2D eigenvalue weighted by Crippen LogP contribution is -2.26. The van der Waals surface area contributed by atoms with Gasteiger partial charge >= 0.3 is 5.97 Å². The lowest BCUT2D eigenvalue weighted by Gasteiger charge is -2.18. The van der Waals surface area contributed by atoms with Crippen LogP contribution in [-0.2, 0) is 11.3 Å². The van der Waals surface area contributed by atoms with Crippen molar-refractivity contribution in [3.8, 4) is 0 Å². The summed E-state index contributed by atoms with van der Waals surface area (Å²) in [5.41, 5.74) is 8.94. The Morgan fingerprint density at radius 3 is 2.67 bits per heavy atom. The Morgan fingerprint density at radius 2 is 1.97 bits per heavy atom. The molecule has 0 unspecified atom stereocenters. The van der Waals surface area contributed by atoms with Gasteiger partial charge in [-0.2, -0.15) is 0 Å². The average molecular weight is 409 g/mol. The fraction of sp³-hybridized carbons (Fsp3) is 0.318. The van der Waals surface area contributed by atoms with E-state index in [1.165, 1.54) is 7.11 Å². The molecule has 1 heterocycles. The number of anilines is 2. The van der Waals surface area contributed by atoms with Crippen LogP contribution < -0.4 is 11.1 Å². The van der Waals surface area contributed by atoms with Crippen LogP contribution in [-0.4, -0.2) is 53.1 Å². The van der Waals surface area contributed by atoms with Crippen LogP contribution in [0.2, 0.25) is 0 Å². The lowest BCUT2D eigenvalue weighted by molar-refractivity contribution is 0.0601. The largest absolute Gasteiger partial charge is 0.465 e. The van der Waals surface area contributed by atoms with Gasteiger partial charge in [-0.25, -0.2) is 9.78 Å². The van der Waals surface area contributed by atoms with Crippen molar-refractivity contribution in [2.75, 3.05) is 37.8 Å². The maximum absolute atomic E-state index is 12.7. The molecule has 0 aliphatic heterocycles. The smallest absolute Gasteiger partial charge is 0.340 e. The van der Waals surface area contributed by atoms with Gasteiger partial charge in [-0.1, -0.05) is 19.9 Å². The monoisotopic (exact) mass is 409 g/mol. The number of hydrogen-bond donors (Lipinski definition) is 2. The van der Waals surface area contributed by atoms with E-state index in [0.717, 1.165) is 37.2 Å². The summed E-state index contributed by atoms with van der Waals surface area (Å²) >= 11 is 0. The van der Waals surface area contributed by atoms with Gasteiger partial charge in [0.2, 0.25) is 0 Å². The summed E-state index contributed by atoms with van der Waals surface area (Å²) in [5.74, 6) is -0.886. The van der Waals surface area contributed by atoms with Crippen LogP contribution in [0, 0.1) is 0 Å². The lowest BCUT2D eigenvalue weighted by atomic mass is 10.1. The van der Waals surface area contributed by atoms with Crippen molar-refractivity contribution in [3.63, 3.8) is 0 Å². The standard InChI is InChI=1S/C22H27N5O3/c1-4-26(5-2)11-12-27-14-24-18-13-15(9-10-19(18)27)21(28)25-17-8-6-7-16(20(17)23)22(29)30-3/h6-10,13-14H,4-5,11-12,23H2,1-3H3,(H,25,28). The number of fused-ring (bicyclic) bond motifs is 1. The highest BCUT2D eigenvalue weighted by Crippen LogP contribution is 2.24. The first-order chi connectivity index (χ1) is 14.5. The van der Waals surface area contributed by atoms with Crippen molar-refractivity contribution in [1.82, 2.24) is 14.5 Å². The average Bonchev–Trinajstić information content (AvgIpc) is 3.17. The molecule has 0 saturated heterocycles. The van der Waals surface area contributed by atoms with Crippen molar-refractivity contribution in [1.29, 1.82) is 0 Å². The van der Waals surface area contributed by atoms with Gasteiger partial charge < -0.3 is 25.3 Å². The summed E-state index contributed by atoms with van der Waals surface area (Å²) in [7, 11) is 1.28. The molecule has 3 rings (SSSR count).